The summed E-state index contributed by atoms with van der Waals surface area (Å²) in [7, 11) is 1.48. The number of hydrogen-bond acceptors (Lipinski definition) is 5. The Hall–Kier alpha value is -3.64. The van der Waals surface area contributed by atoms with E-state index in [0.717, 1.165) is 0 Å². The third kappa shape index (κ3) is 3.17. The number of allylic oxidation sites excluding steroid dienone is 2. The van der Waals surface area contributed by atoms with Crippen LogP contribution in [0.4, 0.5) is 5.69 Å². The highest BCUT2D eigenvalue weighted by Gasteiger charge is 2.16. The molecule has 2 aromatic carbocycles. The molecular weight excluding hydrogens is 294 g/mol. The van der Waals surface area contributed by atoms with E-state index in [2.05, 4.69) is 0 Å². The minimum Gasteiger partial charge on any atom is -0.496 e. The highest BCUT2D eigenvalue weighted by Crippen LogP contribution is 2.32. The number of para-hydroxylation sites is 1. The molecule has 0 N–H and O–H groups in total. The van der Waals surface area contributed by atoms with E-state index in [1.54, 1.807) is 24.3 Å². The summed E-state index contributed by atoms with van der Waals surface area (Å²) in [5, 5.41) is 29.6. The lowest BCUT2D eigenvalue weighted by molar-refractivity contribution is -0.384. The molecule has 112 valence electrons. The summed E-state index contributed by atoms with van der Waals surface area (Å²) in [4.78, 5) is 10.2. The van der Waals surface area contributed by atoms with E-state index in [0.29, 0.717) is 16.9 Å². The van der Waals surface area contributed by atoms with Crippen LogP contribution >= 0.6 is 0 Å². The minimum absolute atomic E-state index is 0.0816. The summed E-state index contributed by atoms with van der Waals surface area (Å²) < 4.78 is 5.23. The number of rotatable bonds is 4. The average Bonchev–Trinajstić information content (AvgIpc) is 2.59. The lowest BCUT2D eigenvalue weighted by Crippen LogP contribution is -1.94. The number of nitriles is 2. The number of benzene rings is 2. The van der Waals surface area contributed by atoms with Gasteiger partial charge in [-0.1, -0.05) is 12.1 Å². The molecule has 0 spiro atoms. The van der Waals surface area contributed by atoms with Gasteiger partial charge in [0, 0.05) is 17.7 Å². The molecule has 0 atom stereocenters. The molecule has 2 rings (SSSR count). The molecule has 0 saturated heterocycles. The van der Waals surface area contributed by atoms with Crippen molar-refractivity contribution in [3.8, 4) is 17.9 Å². The molecule has 23 heavy (non-hydrogen) atoms. The number of nitrogens with zero attached hydrogens (tertiary/aromatic N) is 3. The summed E-state index contributed by atoms with van der Waals surface area (Å²) in [5.41, 5.74) is 1.13. The first kappa shape index (κ1) is 15.7. The van der Waals surface area contributed by atoms with Crippen LogP contribution in [0.15, 0.2) is 48.5 Å². The Bertz CT molecular complexity index is 856. The fourth-order valence-electron chi connectivity index (χ4n) is 2.12. The lowest BCUT2D eigenvalue weighted by Gasteiger charge is -2.09. The van der Waals surface area contributed by atoms with E-state index >= 15 is 0 Å². The normalized spacial score (nSPS) is 10.9. The molecule has 0 fully saturated rings. The standard InChI is InChI=1S/C17H11N3O3/c1-23-17-5-3-2-4-14(17)16(11-19)15(10-18)12-6-8-13(9-7-12)20(21)22/h2-9H,1H3/b16-15-. The average molecular weight is 305 g/mol. The maximum atomic E-state index is 10.7. The topological polar surface area (TPSA) is 99.9 Å². The van der Waals surface area contributed by atoms with Crippen LogP contribution in [-0.4, -0.2) is 12.0 Å². The van der Waals surface area contributed by atoms with E-state index in [1.807, 2.05) is 12.1 Å². The van der Waals surface area contributed by atoms with Gasteiger partial charge in [-0.25, -0.2) is 0 Å². The smallest absolute Gasteiger partial charge is 0.269 e. The van der Waals surface area contributed by atoms with Crippen molar-refractivity contribution in [3.63, 3.8) is 0 Å². The third-order valence-corrected chi connectivity index (χ3v) is 3.22. The van der Waals surface area contributed by atoms with Crippen LogP contribution in [0.3, 0.4) is 0 Å². The molecular formula is C17H11N3O3. The van der Waals surface area contributed by atoms with Crippen molar-refractivity contribution in [2.75, 3.05) is 7.11 Å². The summed E-state index contributed by atoms with van der Waals surface area (Å²) in [6, 6.07) is 16.4. The van der Waals surface area contributed by atoms with Gasteiger partial charge in [-0.15, -0.1) is 0 Å². The van der Waals surface area contributed by atoms with Gasteiger partial charge in [-0.2, -0.15) is 10.5 Å². The zero-order chi connectivity index (χ0) is 16.8. The number of non-ortho nitro benzene ring substituents is 1. The maximum Gasteiger partial charge on any atom is 0.269 e. The van der Waals surface area contributed by atoms with Crippen LogP contribution in [0, 0.1) is 32.8 Å². The summed E-state index contributed by atoms with van der Waals surface area (Å²) in [6.07, 6.45) is 0. The monoisotopic (exact) mass is 305 g/mol. The summed E-state index contributed by atoms with van der Waals surface area (Å²) >= 11 is 0. The van der Waals surface area contributed by atoms with Crippen LogP contribution in [0.2, 0.25) is 0 Å². The summed E-state index contributed by atoms with van der Waals surface area (Å²) in [5.74, 6) is 0.471. The van der Waals surface area contributed by atoms with Gasteiger partial charge in [0.2, 0.25) is 0 Å². The number of methoxy groups -OCH3 is 1. The molecule has 0 aromatic heterocycles. The van der Waals surface area contributed by atoms with Crippen LogP contribution < -0.4 is 4.74 Å². The Balaban J connectivity index is 2.64. The van der Waals surface area contributed by atoms with E-state index in [-0.39, 0.29) is 16.8 Å². The second-order valence-electron chi connectivity index (χ2n) is 4.48. The molecule has 0 amide bonds. The van der Waals surface area contributed by atoms with E-state index in [1.165, 1.54) is 31.4 Å². The largest absolute Gasteiger partial charge is 0.496 e. The predicted octanol–water partition coefficient (Wildman–Crippen LogP) is 3.56. The molecule has 0 saturated carbocycles. The Kier molecular flexibility index (Phi) is 4.71. The second kappa shape index (κ2) is 6.88. The van der Waals surface area contributed by atoms with Crippen molar-refractivity contribution in [3.05, 3.63) is 69.8 Å². The quantitative estimate of drug-likeness (QED) is 0.372. The van der Waals surface area contributed by atoms with Gasteiger partial charge in [-0.3, -0.25) is 10.1 Å². The molecule has 0 bridgehead atoms. The van der Waals surface area contributed by atoms with Crippen LogP contribution in [-0.2, 0) is 0 Å². The first-order chi connectivity index (χ1) is 11.1. The molecule has 0 aliphatic carbocycles. The van der Waals surface area contributed by atoms with Gasteiger partial charge in [0.25, 0.3) is 5.69 Å². The highest BCUT2D eigenvalue weighted by atomic mass is 16.6. The SMILES string of the molecule is COc1ccccc1/C(C#N)=C(/C#N)c1ccc([N+](=O)[O-])cc1. The molecule has 0 aliphatic heterocycles. The lowest BCUT2D eigenvalue weighted by atomic mass is 9.95. The molecule has 6 nitrogen and oxygen atoms in total. The zero-order valence-electron chi connectivity index (χ0n) is 12.2. The van der Waals surface area contributed by atoms with Crippen LogP contribution in [0.5, 0.6) is 5.75 Å². The fourth-order valence-corrected chi connectivity index (χ4v) is 2.12. The first-order valence-corrected chi connectivity index (χ1v) is 6.55. The minimum atomic E-state index is -0.523. The van der Waals surface area contributed by atoms with Crippen LogP contribution in [0.25, 0.3) is 11.1 Å². The zero-order valence-corrected chi connectivity index (χ0v) is 12.2. The molecule has 2 aromatic rings. The Morgan fingerprint density at radius 1 is 1.04 bits per heavy atom. The highest BCUT2D eigenvalue weighted by molar-refractivity contribution is 6.03. The van der Waals surface area contributed by atoms with Crippen LogP contribution in [0.1, 0.15) is 11.1 Å². The first-order valence-electron chi connectivity index (χ1n) is 6.55. The van der Waals surface area contributed by atoms with Gasteiger partial charge >= 0.3 is 0 Å². The molecule has 0 radical (unpaired) electrons. The van der Waals surface area contributed by atoms with E-state index < -0.39 is 4.92 Å². The van der Waals surface area contributed by atoms with E-state index in [4.69, 9.17) is 4.74 Å². The van der Waals surface area contributed by atoms with Gasteiger partial charge in [0.1, 0.15) is 17.9 Å². The van der Waals surface area contributed by atoms with Crippen molar-refractivity contribution in [1.29, 1.82) is 10.5 Å². The van der Waals surface area contributed by atoms with Gasteiger partial charge in [-0.05, 0) is 29.8 Å². The number of hydrogen-bond donors (Lipinski definition) is 0. The molecule has 0 heterocycles. The summed E-state index contributed by atoms with van der Waals surface area (Å²) in [6.45, 7) is 0. The Labute approximate surface area is 132 Å². The van der Waals surface area contributed by atoms with Gasteiger partial charge < -0.3 is 4.74 Å². The fraction of sp³-hybridized carbons (Fsp3) is 0.0588. The van der Waals surface area contributed by atoms with Crippen molar-refractivity contribution in [1.82, 2.24) is 0 Å². The Morgan fingerprint density at radius 2 is 1.65 bits per heavy atom. The van der Waals surface area contributed by atoms with Crippen molar-refractivity contribution in [2.45, 2.75) is 0 Å². The number of nitro groups is 1. The van der Waals surface area contributed by atoms with Crippen molar-refractivity contribution < 1.29 is 9.66 Å². The van der Waals surface area contributed by atoms with Gasteiger partial charge in [0.15, 0.2) is 0 Å². The Morgan fingerprint density at radius 3 is 2.17 bits per heavy atom. The predicted molar refractivity (Wildman–Crippen MR) is 84.1 cm³/mol. The molecule has 6 heteroatoms. The van der Waals surface area contributed by atoms with Gasteiger partial charge in [0.05, 0.1) is 23.2 Å². The molecule has 0 unspecified atom stereocenters. The number of ether oxygens (including phenoxy) is 1. The second-order valence-corrected chi connectivity index (χ2v) is 4.48. The van der Waals surface area contributed by atoms with E-state index in [9.17, 15) is 20.6 Å². The van der Waals surface area contributed by atoms with Crippen molar-refractivity contribution in [2.24, 2.45) is 0 Å². The molecule has 0 aliphatic rings. The number of nitro benzene ring substituents is 1. The maximum absolute atomic E-state index is 10.7. The third-order valence-electron chi connectivity index (χ3n) is 3.22. The van der Waals surface area contributed by atoms with Crippen molar-refractivity contribution >= 4 is 16.8 Å².